The zero-order valence-electron chi connectivity index (χ0n) is 16.0. The van der Waals surface area contributed by atoms with Gasteiger partial charge in [-0.1, -0.05) is 6.07 Å². The van der Waals surface area contributed by atoms with Crippen molar-refractivity contribution in [1.29, 1.82) is 0 Å². The van der Waals surface area contributed by atoms with E-state index in [2.05, 4.69) is 15.0 Å². The molecule has 1 aliphatic heterocycles. The van der Waals surface area contributed by atoms with E-state index < -0.39 is 21.8 Å². The van der Waals surface area contributed by atoms with Crippen molar-refractivity contribution in [3.05, 3.63) is 29.8 Å². The summed E-state index contributed by atoms with van der Waals surface area (Å²) in [5.74, 6) is 0.665. The monoisotopic (exact) mass is 421 g/mol. The highest BCUT2D eigenvalue weighted by Crippen LogP contribution is 2.31. The highest BCUT2D eigenvalue weighted by atomic mass is 32.2. The molecule has 0 atom stereocenters. The fourth-order valence-electron chi connectivity index (χ4n) is 2.87. The van der Waals surface area contributed by atoms with E-state index >= 15 is 0 Å². The predicted molar refractivity (Wildman–Crippen MR) is 104 cm³/mol. The van der Waals surface area contributed by atoms with Crippen molar-refractivity contribution < 1.29 is 21.6 Å². The molecule has 1 aromatic rings. The molecule has 7 nitrogen and oxygen atoms in total. The van der Waals surface area contributed by atoms with Crippen LogP contribution in [0, 0.1) is 0 Å². The van der Waals surface area contributed by atoms with E-state index in [1.165, 1.54) is 12.1 Å². The number of benzene rings is 1. The van der Waals surface area contributed by atoms with Crippen molar-refractivity contribution in [3.63, 3.8) is 0 Å². The van der Waals surface area contributed by atoms with E-state index in [4.69, 9.17) is 0 Å². The molecule has 0 radical (unpaired) electrons. The Morgan fingerprint density at radius 1 is 1.18 bits per heavy atom. The van der Waals surface area contributed by atoms with Gasteiger partial charge in [-0.05, 0) is 25.1 Å². The second-order valence-corrected chi connectivity index (χ2v) is 8.39. The summed E-state index contributed by atoms with van der Waals surface area (Å²) in [6.07, 6.45) is -4.36. The molecule has 11 heteroatoms. The van der Waals surface area contributed by atoms with Crippen molar-refractivity contribution in [2.45, 2.75) is 13.1 Å². The van der Waals surface area contributed by atoms with Gasteiger partial charge in [-0.25, -0.2) is 13.1 Å². The normalized spacial score (nSPS) is 16.4. The van der Waals surface area contributed by atoms with Gasteiger partial charge in [-0.3, -0.25) is 4.99 Å². The van der Waals surface area contributed by atoms with Crippen LogP contribution in [0.2, 0.25) is 0 Å². The highest BCUT2D eigenvalue weighted by Gasteiger charge is 2.31. The highest BCUT2D eigenvalue weighted by molar-refractivity contribution is 7.89. The standard InChI is InChI=1S/C17H26F3N5O2S/c1-3-28(26,27)23-8-7-22-16(21-2)25-11-9-24(10-12-25)15-6-4-5-14(13-15)17(18,19)20/h4-6,13,23H,3,7-12H2,1-2H3,(H,21,22). The fourth-order valence-corrected chi connectivity index (χ4v) is 3.49. The summed E-state index contributed by atoms with van der Waals surface area (Å²) in [7, 11) is -1.59. The number of anilines is 1. The number of sulfonamides is 1. The van der Waals surface area contributed by atoms with Gasteiger partial charge in [0.2, 0.25) is 10.0 Å². The molecule has 1 heterocycles. The van der Waals surface area contributed by atoms with Crippen LogP contribution in [0.3, 0.4) is 0 Å². The van der Waals surface area contributed by atoms with E-state index in [1.807, 2.05) is 9.80 Å². The van der Waals surface area contributed by atoms with Crippen molar-refractivity contribution in [3.8, 4) is 0 Å². The SMILES string of the molecule is CCS(=O)(=O)NCCNC(=NC)N1CCN(c2cccc(C(F)(F)F)c2)CC1. The average Bonchev–Trinajstić information content (AvgIpc) is 2.68. The van der Waals surface area contributed by atoms with Gasteiger partial charge in [0.15, 0.2) is 5.96 Å². The zero-order chi connectivity index (χ0) is 20.8. The number of aliphatic imine (C=N–C) groups is 1. The van der Waals surface area contributed by atoms with E-state index in [0.717, 1.165) is 6.07 Å². The minimum Gasteiger partial charge on any atom is -0.368 e. The Morgan fingerprint density at radius 3 is 2.43 bits per heavy atom. The van der Waals surface area contributed by atoms with E-state index in [0.29, 0.717) is 44.4 Å². The Labute approximate surface area is 163 Å². The molecular weight excluding hydrogens is 395 g/mol. The van der Waals surface area contributed by atoms with Gasteiger partial charge in [0.05, 0.1) is 11.3 Å². The average molecular weight is 421 g/mol. The predicted octanol–water partition coefficient (Wildman–Crippen LogP) is 1.34. The minimum atomic E-state index is -4.36. The van der Waals surface area contributed by atoms with Gasteiger partial charge in [0.25, 0.3) is 0 Å². The van der Waals surface area contributed by atoms with Crippen LogP contribution in [0.5, 0.6) is 0 Å². The number of rotatable bonds is 6. The third kappa shape index (κ3) is 6.26. The number of piperazine rings is 1. The van der Waals surface area contributed by atoms with Gasteiger partial charge in [-0.15, -0.1) is 0 Å². The minimum absolute atomic E-state index is 0.0270. The van der Waals surface area contributed by atoms with Gasteiger partial charge in [-0.2, -0.15) is 13.2 Å². The lowest BCUT2D eigenvalue weighted by atomic mass is 10.1. The van der Waals surface area contributed by atoms with Crippen molar-refractivity contribution in [2.24, 2.45) is 4.99 Å². The molecule has 1 fully saturated rings. The van der Waals surface area contributed by atoms with Crippen molar-refractivity contribution in [2.75, 3.05) is 57.0 Å². The second-order valence-electron chi connectivity index (χ2n) is 6.29. The van der Waals surface area contributed by atoms with Gasteiger partial charge >= 0.3 is 6.18 Å². The third-order valence-corrected chi connectivity index (χ3v) is 5.84. The molecule has 0 unspecified atom stereocenters. The molecule has 1 aromatic carbocycles. The number of hydrogen-bond acceptors (Lipinski definition) is 4. The number of nitrogens with zero attached hydrogens (tertiary/aromatic N) is 3. The van der Waals surface area contributed by atoms with Crippen molar-refractivity contribution >= 4 is 21.7 Å². The number of guanidine groups is 1. The molecule has 1 saturated heterocycles. The summed E-state index contributed by atoms with van der Waals surface area (Å²) < 4.78 is 64.0. The van der Waals surface area contributed by atoms with Crippen LogP contribution in [0.1, 0.15) is 12.5 Å². The van der Waals surface area contributed by atoms with Crippen LogP contribution < -0.4 is 14.9 Å². The Bertz CT molecular complexity index is 775. The van der Waals surface area contributed by atoms with Gasteiger partial charge in [0.1, 0.15) is 0 Å². The maximum atomic E-state index is 12.9. The lowest BCUT2D eigenvalue weighted by Crippen LogP contribution is -2.53. The van der Waals surface area contributed by atoms with Crippen molar-refractivity contribution in [1.82, 2.24) is 14.9 Å². The quantitative estimate of drug-likeness (QED) is 0.412. The Hall–Kier alpha value is -2.01. The lowest BCUT2D eigenvalue weighted by molar-refractivity contribution is -0.137. The van der Waals surface area contributed by atoms with Gasteiger partial charge < -0.3 is 15.1 Å². The first-order chi connectivity index (χ1) is 13.2. The number of hydrogen-bond donors (Lipinski definition) is 2. The summed E-state index contributed by atoms with van der Waals surface area (Å²) >= 11 is 0. The topological polar surface area (TPSA) is 77.0 Å². The fraction of sp³-hybridized carbons (Fsp3) is 0.588. The molecule has 2 rings (SSSR count). The first-order valence-corrected chi connectivity index (χ1v) is 10.7. The summed E-state index contributed by atoms with van der Waals surface area (Å²) in [5.41, 5.74) is -0.106. The van der Waals surface area contributed by atoms with Gasteiger partial charge in [0, 0.05) is 52.0 Å². The molecule has 0 aliphatic carbocycles. The van der Waals surface area contributed by atoms with Crippen LogP contribution in [0.15, 0.2) is 29.3 Å². The number of nitrogens with one attached hydrogen (secondary N) is 2. The van der Waals surface area contributed by atoms with Crippen LogP contribution >= 0.6 is 0 Å². The zero-order valence-corrected chi connectivity index (χ0v) is 16.8. The first kappa shape index (κ1) is 22.3. The molecule has 0 spiro atoms. The molecule has 0 bridgehead atoms. The third-order valence-electron chi connectivity index (χ3n) is 4.44. The number of halogens is 3. The Morgan fingerprint density at radius 2 is 1.86 bits per heavy atom. The summed E-state index contributed by atoms with van der Waals surface area (Å²) in [6, 6.07) is 5.33. The molecule has 0 saturated carbocycles. The summed E-state index contributed by atoms with van der Waals surface area (Å²) in [5, 5.41) is 3.10. The second kappa shape index (κ2) is 9.46. The number of alkyl halides is 3. The van der Waals surface area contributed by atoms with Crippen LogP contribution in [0.4, 0.5) is 18.9 Å². The molecular formula is C17H26F3N5O2S. The van der Waals surface area contributed by atoms with E-state index in [9.17, 15) is 21.6 Å². The smallest absolute Gasteiger partial charge is 0.368 e. The Kier molecular flexibility index (Phi) is 7.53. The molecule has 158 valence electrons. The Balaban J connectivity index is 1.87. The maximum Gasteiger partial charge on any atom is 0.416 e. The van der Waals surface area contributed by atoms with Crippen LogP contribution in [0.25, 0.3) is 0 Å². The van der Waals surface area contributed by atoms with E-state index in [-0.39, 0.29) is 12.3 Å². The largest absolute Gasteiger partial charge is 0.416 e. The first-order valence-electron chi connectivity index (χ1n) is 9.01. The molecule has 28 heavy (non-hydrogen) atoms. The molecule has 1 aliphatic rings. The summed E-state index contributed by atoms with van der Waals surface area (Å²) in [6.45, 7) is 4.51. The maximum absolute atomic E-state index is 12.9. The lowest BCUT2D eigenvalue weighted by Gasteiger charge is -2.37. The van der Waals surface area contributed by atoms with Crippen LogP contribution in [-0.2, 0) is 16.2 Å². The van der Waals surface area contributed by atoms with Crippen LogP contribution in [-0.4, -0.2) is 71.3 Å². The molecule has 2 N–H and O–H groups in total. The van der Waals surface area contributed by atoms with E-state index in [1.54, 1.807) is 20.0 Å². The molecule has 0 aromatic heterocycles. The summed E-state index contributed by atoms with van der Waals surface area (Å²) in [4.78, 5) is 8.11. The molecule has 0 amide bonds.